The number of likely N-dealkylation sites (N-methyl/N-ethyl adjacent to an activating group) is 1. The smallest absolute Gasteiger partial charge is 0.252 e. The Labute approximate surface area is 94.9 Å². The molecule has 1 aromatic heterocycles. The second-order valence-electron chi connectivity index (χ2n) is 4.32. The molecule has 1 atom stereocenters. The van der Waals surface area contributed by atoms with Crippen LogP contribution < -0.4 is 10.9 Å². The molecule has 1 aliphatic heterocycles. The predicted octanol–water partition coefficient (Wildman–Crippen LogP) is 0.448. The van der Waals surface area contributed by atoms with Gasteiger partial charge in [-0.1, -0.05) is 6.92 Å². The van der Waals surface area contributed by atoms with Gasteiger partial charge in [0, 0.05) is 25.1 Å². The second kappa shape index (κ2) is 4.65. The van der Waals surface area contributed by atoms with Gasteiger partial charge in [0.05, 0.1) is 0 Å². The fourth-order valence-electron chi connectivity index (χ4n) is 2.01. The Bertz CT molecular complexity index is 415. The van der Waals surface area contributed by atoms with Crippen molar-refractivity contribution in [3.63, 3.8) is 0 Å². The van der Waals surface area contributed by atoms with E-state index in [0.717, 1.165) is 31.8 Å². The Kier molecular flexibility index (Phi) is 3.24. The van der Waals surface area contributed by atoms with Crippen molar-refractivity contribution >= 4 is 5.82 Å². The lowest BCUT2D eigenvalue weighted by molar-refractivity contribution is 0.414. The van der Waals surface area contributed by atoms with E-state index in [2.05, 4.69) is 27.2 Å². The van der Waals surface area contributed by atoms with Crippen LogP contribution in [0.3, 0.4) is 0 Å². The molecule has 5 heteroatoms. The summed E-state index contributed by atoms with van der Waals surface area (Å²) in [6, 6.07) is 1.93. The van der Waals surface area contributed by atoms with Gasteiger partial charge in [0.2, 0.25) is 0 Å². The van der Waals surface area contributed by atoms with Gasteiger partial charge in [0.1, 0.15) is 11.6 Å². The Hall–Kier alpha value is -1.36. The molecule has 0 spiro atoms. The Morgan fingerprint density at radius 3 is 3.12 bits per heavy atom. The van der Waals surface area contributed by atoms with Crippen LogP contribution in [0.15, 0.2) is 10.9 Å². The first-order chi connectivity index (χ1) is 7.67. The van der Waals surface area contributed by atoms with Crippen LogP contribution in [-0.2, 0) is 6.42 Å². The summed E-state index contributed by atoms with van der Waals surface area (Å²) in [7, 11) is 2.10. The minimum Gasteiger partial charge on any atom is -0.366 e. The quantitative estimate of drug-likeness (QED) is 0.779. The van der Waals surface area contributed by atoms with Gasteiger partial charge in [-0.3, -0.25) is 4.79 Å². The molecular formula is C11H18N4O. The summed E-state index contributed by atoms with van der Waals surface area (Å²) < 4.78 is 0. The van der Waals surface area contributed by atoms with E-state index < -0.39 is 0 Å². The number of hydrogen-bond acceptors (Lipinski definition) is 4. The third-order valence-electron chi connectivity index (χ3n) is 2.87. The van der Waals surface area contributed by atoms with Crippen molar-refractivity contribution in [3.8, 4) is 0 Å². The molecule has 0 saturated carbocycles. The maximum absolute atomic E-state index is 11.4. The Morgan fingerprint density at radius 2 is 2.50 bits per heavy atom. The minimum absolute atomic E-state index is 0.0827. The van der Waals surface area contributed by atoms with Crippen LogP contribution in [-0.4, -0.2) is 41.0 Å². The number of nitrogens with zero attached hydrogens (tertiary/aromatic N) is 2. The molecule has 2 heterocycles. The first-order valence-corrected chi connectivity index (χ1v) is 5.72. The number of hydrogen-bond donors (Lipinski definition) is 2. The number of nitrogens with one attached hydrogen (secondary N) is 2. The summed E-state index contributed by atoms with van der Waals surface area (Å²) in [6.07, 6.45) is 1.85. The summed E-state index contributed by atoms with van der Waals surface area (Å²) in [4.78, 5) is 20.7. The zero-order valence-electron chi connectivity index (χ0n) is 9.79. The van der Waals surface area contributed by atoms with Gasteiger partial charge < -0.3 is 15.2 Å². The van der Waals surface area contributed by atoms with Crippen molar-refractivity contribution in [3.05, 3.63) is 22.2 Å². The van der Waals surface area contributed by atoms with Gasteiger partial charge in [-0.25, -0.2) is 4.98 Å². The Morgan fingerprint density at radius 1 is 1.69 bits per heavy atom. The number of aromatic amines is 1. The van der Waals surface area contributed by atoms with E-state index in [1.54, 1.807) is 0 Å². The number of aromatic nitrogens is 2. The largest absolute Gasteiger partial charge is 0.366 e. The zero-order chi connectivity index (χ0) is 11.5. The standard InChI is InChI=1S/C11H18N4O/c1-3-9-13-10(6-11(16)14-9)12-8-4-5-15(2)7-8/h6,8H,3-5,7H2,1-2H3,(H2,12,13,14,16). The third kappa shape index (κ3) is 2.61. The van der Waals surface area contributed by atoms with E-state index in [-0.39, 0.29) is 5.56 Å². The molecule has 0 aliphatic carbocycles. The minimum atomic E-state index is -0.0827. The topological polar surface area (TPSA) is 61.0 Å². The zero-order valence-corrected chi connectivity index (χ0v) is 9.79. The van der Waals surface area contributed by atoms with E-state index in [1.165, 1.54) is 6.07 Å². The van der Waals surface area contributed by atoms with Crippen molar-refractivity contribution in [2.24, 2.45) is 0 Å². The van der Waals surface area contributed by atoms with E-state index >= 15 is 0 Å². The van der Waals surface area contributed by atoms with Crippen LogP contribution >= 0.6 is 0 Å². The third-order valence-corrected chi connectivity index (χ3v) is 2.87. The lowest BCUT2D eigenvalue weighted by Crippen LogP contribution is -2.25. The van der Waals surface area contributed by atoms with Crippen LogP contribution in [0.2, 0.25) is 0 Å². The maximum atomic E-state index is 11.4. The highest BCUT2D eigenvalue weighted by Crippen LogP contribution is 2.11. The highest BCUT2D eigenvalue weighted by Gasteiger charge is 2.19. The van der Waals surface area contributed by atoms with Crippen LogP contribution in [0.1, 0.15) is 19.2 Å². The number of anilines is 1. The molecule has 1 saturated heterocycles. The van der Waals surface area contributed by atoms with E-state index in [4.69, 9.17) is 0 Å². The summed E-state index contributed by atoms with van der Waals surface area (Å²) in [5, 5.41) is 3.31. The fraction of sp³-hybridized carbons (Fsp3) is 0.636. The van der Waals surface area contributed by atoms with E-state index in [0.29, 0.717) is 11.9 Å². The lowest BCUT2D eigenvalue weighted by Gasteiger charge is -2.13. The van der Waals surface area contributed by atoms with Crippen LogP contribution in [0.5, 0.6) is 0 Å². The molecule has 1 unspecified atom stereocenters. The van der Waals surface area contributed by atoms with Crippen molar-refractivity contribution < 1.29 is 0 Å². The average Bonchev–Trinajstić information content (AvgIpc) is 2.63. The fourth-order valence-corrected chi connectivity index (χ4v) is 2.01. The van der Waals surface area contributed by atoms with Crippen molar-refractivity contribution in [1.82, 2.24) is 14.9 Å². The molecule has 16 heavy (non-hydrogen) atoms. The van der Waals surface area contributed by atoms with Gasteiger partial charge in [-0.05, 0) is 20.0 Å². The predicted molar refractivity (Wildman–Crippen MR) is 63.8 cm³/mol. The first-order valence-electron chi connectivity index (χ1n) is 5.72. The highest BCUT2D eigenvalue weighted by atomic mass is 16.1. The molecule has 0 amide bonds. The normalized spacial score (nSPS) is 21.2. The van der Waals surface area contributed by atoms with Gasteiger partial charge in [0.25, 0.3) is 5.56 Å². The van der Waals surface area contributed by atoms with Gasteiger partial charge in [-0.2, -0.15) is 0 Å². The highest BCUT2D eigenvalue weighted by molar-refractivity contribution is 5.34. The molecule has 0 aromatic carbocycles. The van der Waals surface area contributed by atoms with Crippen LogP contribution in [0.4, 0.5) is 5.82 Å². The summed E-state index contributed by atoms with van der Waals surface area (Å²) in [6.45, 7) is 4.09. The molecule has 0 bridgehead atoms. The van der Waals surface area contributed by atoms with Crippen molar-refractivity contribution in [1.29, 1.82) is 0 Å². The number of H-pyrrole nitrogens is 1. The number of likely N-dealkylation sites (tertiary alicyclic amines) is 1. The SMILES string of the molecule is CCc1nc(NC2CCN(C)C2)cc(=O)[nH]1. The lowest BCUT2D eigenvalue weighted by atomic mass is 10.2. The van der Waals surface area contributed by atoms with E-state index in [1.807, 2.05) is 6.92 Å². The molecule has 2 N–H and O–H groups in total. The average molecular weight is 222 g/mol. The molecule has 1 aliphatic rings. The van der Waals surface area contributed by atoms with E-state index in [9.17, 15) is 4.79 Å². The maximum Gasteiger partial charge on any atom is 0.252 e. The van der Waals surface area contributed by atoms with Crippen molar-refractivity contribution in [2.45, 2.75) is 25.8 Å². The Balaban J connectivity index is 2.09. The molecule has 88 valence electrons. The molecule has 1 aromatic rings. The van der Waals surface area contributed by atoms with Gasteiger partial charge in [0.15, 0.2) is 0 Å². The van der Waals surface area contributed by atoms with Crippen LogP contribution in [0.25, 0.3) is 0 Å². The number of aryl methyl sites for hydroxylation is 1. The molecule has 5 nitrogen and oxygen atoms in total. The molecule has 1 fully saturated rings. The second-order valence-corrected chi connectivity index (χ2v) is 4.32. The van der Waals surface area contributed by atoms with Gasteiger partial charge in [-0.15, -0.1) is 0 Å². The number of rotatable bonds is 3. The van der Waals surface area contributed by atoms with Crippen molar-refractivity contribution in [2.75, 3.05) is 25.5 Å². The summed E-state index contributed by atoms with van der Waals surface area (Å²) in [5.41, 5.74) is -0.0827. The van der Waals surface area contributed by atoms with Crippen LogP contribution in [0, 0.1) is 0 Å². The monoisotopic (exact) mass is 222 g/mol. The van der Waals surface area contributed by atoms with Gasteiger partial charge >= 0.3 is 0 Å². The molecular weight excluding hydrogens is 204 g/mol. The molecule has 2 rings (SSSR count). The summed E-state index contributed by atoms with van der Waals surface area (Å²) >= 11 is 0. The first kappa shape index (κ1) is 11.1. The molecule has 0 radical (unpaired) electrons. The summed E-state index contributed by atoms with van der Waals surface area (Å²) in [5.74, 6) is 1.43.